The predicted molar refractivity (Wildman–Crippen MR) is 83.0 cm³/mol. The largest absolute Gasteiger partial charge is 0.370 e. The molecule has 1 N–H and O–H groups in total. The summed E-state index contributed by atoms with van der Waals surface area (Å²) in [6.07, 6.45) is 0. The molecule has 0 aromatic carbocycles. The van der Waals surface area contributed by atoms with E-state index in [1.807, 2.05) is 32.0 Å². The number of rotatable bonds is 4. The Morgan fingerprint density at radius 2 is 1.65 bits per heavy atom. The number of hydrogen-bond acceptors (Lipinski definition) is 4. The lowest BCUT2D eigenvalue weighted by Gasteiger charge is -2.11. The van der Waals surface area contributed by atoms with Gasteiger partial charge in [0.25, 0.3) is 0 Å². The van der Waals surface area contributed by atoms with E-state index in [1.54, 1.807) is 0 Å². The maximum atomic E-state index is 4.69. The second kappa shape index (κ2) is 5.99. The molecule has 0 aliphatic rings. The van der Waals surface area contributed by atoms with Crippen LogP contribution in [-0.2, 0) is 0 Å². The van der Waals surface area contributed by atoms with E-state index in [-0.39, 0.29) is 0 Å². The molecule has 0 atom stereocenters. The summed E-state index contributed by atoms with van der Waals surface area (Å²) in [4.78, 5) is 13.7. The van der Waals surface area contributed by atoms with Crippen LogP contribution in [0, 0.1) is 13.8 Å². The van der Waals surface area contributed by atoms with Gasteiger partial charge >= 0.3 is 0 Å². The Kier molecular flexibility index (Phi) is 4.32. The molecule has 0 unspecified atom stereocenters. The first-order valence-corrected chi connectivity index (χ1v) is 7.08. The van der Waals surface area contributed by atoms with Crippen molar-refractivity contribution in [2.45, 2.75) is 40.5 Å². The molecule has 0 saturated heterocycles. The Morgan fingerprint density at radius 1 is 1.00 bits per heavy atom. The maximum absolute atomic E-state index is 4.69. The smallest absolute Gasteiger partial charge is 0.161 e. The highest BCUT2D eigenvalue weighted by atomic mass is 15.0. The minimum absolute atomic E-state index is 0.373. The number of pyridine rings is 1. The van der Waals surface area contributed by atoms with Crippen LogP contribution >= 0.6 is 0 Å². The van der Waals surface area contributed by atoms with Gasteiger partial charge in [0.2, 0.25) is 0 Å². The molecule has 106 valence electrons. The van der Waals surface area contributed by atoms with Crippen molar-refractivity contribution in [2.75, 3.05) is 11.9 Å². The molecule has 4 heteroatoms. The SMILES string of the molecule is CCNc1cc(C(C)C)nc(-c2cc(C)nc(C)c2)n1. The summed E-state index contributed by atoms with van der Waals surface area (Å²) in [6, 6.07) is 6.09. The van der Waals surface area contributed by atoms with E-state index >= 15 is 0 Å². The van der Waals surface area contributed by atoms with Crippen LogP contribution < -0.4 is 5.32 Å². The van der Waals surface area contributed by atoms with Gasteiger partial charge in [-0.05, 0) is 38.8 Å². The summed E-state index contributed by atoms with van der Waals surface area (Å²) < 4.78 is 0. The van der Waals surface area contributed by atoms with Crippen LogP contribution in [0.25, 0.3) is 11.4 Å². The summed E-state index contributed by atoms with van der Waals surface area (Å²) in [5.41, 5.74) is 4.06. The minimum atomic E-state index is 0.373. The molecular formula is C16H22N4. The maximum Gasteiger partial charge on any atom is 0.161 e. The molecule has 0 saturated carbocycles. The van der Waals surface area contributed by atoms with Crippen molar-refractivity contribution in [2.24, 2.45) is 0 Å². The van der Waals surface area contributed by atoms with Gasteiger partial charge in [0.1, 0.15) is 5.82 Å². The lowest BCUT2D eigenvalue weighted by Crippen LogP contribution is -2.05. The van der Waals surface area contributed by atoms with E-state index in [4.69, 9.17) is 0 Å². The summed E-state index contributed by atoms with van der Waals surface area (Å²) in [5.74, 6) is 2.02. The van der Waals surface area contributed by atoms with E-state index in [0.717, 1.165) is 40.8 Å². The first-order chi connectivity index (χ1) is 9.49. The summed E-state index contributed by atoms with van der Waals surface area (Å²) in [7, 11) is 0. The molecule has 2 heterocycles. The first kappa shape index (κ1) is 14.4. The van der Waals surface area contributed by atoms with Crippen molar-refractivity contribution in [3.8, 4) is 11.4 Å². The average molecular weight is 270 g/mol. The van der Waals surface area contributed by atoms with Crippen molar-refractivity contribution >= 4 is 5.82 Å². The second-order valence-corrected chi connectivity index (χ2v) is 5.33. The molecule has 20 heavy (non-hydrogen) atoms. The second-order valence-electron chi connectivity index (χ2n) is 5.33. The third-order valence-electron chi connectivity index (χ3n) is 3.04. The Balaban J connectivity index is 2.54. The van der Waals surface area contributed by atoms with Gasteiger partial charge in [-0.2, -0.15) is 0 Å². The van der Waals surface area contributed by atoms with Crippen LogP contribution in [0.4, 0.5) is 5.82 Å². The van der Waals surface area contributed by atoms with E-state index in [0.29, 0.717) is 5.92 Å². The fraction of sp³-hybridized carbons (Fsp3) is 0.438. The fourth-order valence-electron chi connectivity index (χ4n) is 2.13. The lowest BCUT2D eigenvalue weighted by atomic mass is 10.1. The average Bonchev–Trinajstić information content (AvgIpc) is 2.37. The Labute approximate surface area is 120 Å². The number of aromatic nitrogens is 3. The van der Waals surface area contributed by atoms with Gasteiger partial charge in [0.05, 0.1) is 0 Å². The molecule has 0 spiro atoms. The van der Waals surface area contributed by atoms with Crippen molar-refractivity contribution in [3.63, 3.8) is 0 Å². The van der Waals surface area contributed by atoms with Crippen molar-refractivity contribution in [1.29, 1.82) is 0 Å². The van der Waals surface area contributed by atoms with Gasteiger partial charge in [0.15, 0.2) is 5.82 Å². The lowest BCUT2D eigenvalue weighted by molar-refractivity contribution is 0.816. The molecule has 2 aromatic rings. The molecule has 2 aromatic heterocycles. The van der Waals surface area contributed by atoms with Crippen LogP contribution in [0.3, 0.4) is 0 Å². The van der Waals surface area contributed by atoms with Gasteiger partial charge in [-0.3, -0.25) is 4.98 Å². The van der Waals surface area contributed by atoms with Crippen LogP contribution in [0.2, 0.25) is 0 Å². The minimum Gasteiger partial charge on any atom is -0.370 e. The number of nitrogens with one attached hydrogen (secondary N) is 1. The highest BCUT2D eigenvalue weighted by molar-refractivity contribution is 5.58. The van der Waals surface area contributed by atoms with Gasteiger partial charge in [0, 0.05) is 35.3 Å². The van der Waals surface area contributed by atoms with E-state index in [9.17, 15) is 0 Å². The van der Waals surface area contributed by atoms with Crippen LogP contribution in [0.1, 0.15) is 43.8 Å². The highest BCUT2D eigenvalue weighted by Crippen LogP contribution is 2.22. The summed E-state index contributed by atoms with van der Waals surface area (Å²) in [6.45, 7) is 11.2. The Hall–Kier alpha value is -1.97. The van der Waals surface area contributed by atoms with Gasteiger partial charge in [-0.15, -0.1) is 0 Å². The molecule has 0 bridgehead atoms. The molecule has 0 aliphatic carbocycles. The third kappa shape index (κ3) is 3.32. The molecule has 0 fully saturated rings. The fourth-order valence-corrected chi connectivity index (χ4v) is 2.13. The molecule has 4 nitrogen and oxygen atoms in total. The van der Waals surface area contributed by atoms with Gasteiger partial charge < -0.3 is 5.32 Å². The van der Waals surface area contributed by atoms with E-state index < -0.39 is 0 Å². The standard InChI is InChI=1S/C16H22N4/c1-6-17-15-9-14(10(2)3)19-16(20-15)13-7-11(4)18-12(5)8-13/h7-10H,6H2,1-5H3,(H,17,19,20). The van der Waals surface area contributed by atoms with Crippen LogP contribution in [0.15, 0.2) is 18.2 Å². The van der Waals surface area contributed by atoms with Crippen molar-refractivity contribution < 1.29 is 0 Å². The zero-order chi connectivity index (χ0) is 14.7. The number of nitrogens with zero attached hydrogens (tertiary/aromatic N) is 3. The quantitative estimate of drug-likeness (QED) is 0.920. The van der Waals surface area contributed by atoms with Crippen molar-refractivity contribution in [3.05, 3.63) is 35.3 Å². The van der Waals surface area contributed by atoms with Crippen LogP contribution in [0.5, 0.6) is 0 Å². The number of anilines is 1. The Bertz CT molecular complexity index is 585. The van der Waals surface area contributed by atoms with Gasteiger partial charge in [-0.1, -0.05) is 13.8 Å². The summed E-state index contributed by atoms with van der Waals surface area (Å²) >= 11 is 0. The zero-order valence-electron chi connectivity index (χ0n) is 12.9. The zero-order valence-corrected chi connectivity index (χ0v) is 12.9. The molecule has 2 rings (SSSR count). The molecule has 0 amide bonds. The van der Waals surface area contributed by atoms with Crippen molar-refractivity contribution in [1.82, 2.24) is 15.0 Å². The summed E-state index contributed by atoms with van der Waals surface area (Å²) in [5, 5.41) is 3.28. The first-order valence-electron chi connectivity index (χ1n) is 7.08. The van der Waals surface area contributed by atoms with E-state index in [1.165, 1.54) is 0 Å². The molecular weight excluding hydrogens is 248 g/mol. The van der Waals surface area contributed by atoms with E-state index in [2.05, 4.69) is 41.0 Å². The van der Waals surface area contributed by atoms with Crippen LogP contribution in [-0.4, -0.2) is 21.5 Å². The predicted octanol–water partition coefficient (Wildman–Crippen LogP) is 3.71. The number of hydrogen-bond donors (Lipinski definition) is 1. The number of aryl methyl sites for hydroxylation is 2. The molecule has 0 aliphatic heterocycles. The topological polar surface area (TPSA) is 50.7 Å². The Morgan fingerprint density at radius 3 is 2.20 bits per heavy atom. The monoisotopic (exact) mass is 270 g/mol. The molecule has 0 radical (unpaired) electrons. The van der Waals surface area contributed by atoms with Gasteiger partial charge in [-0.25, -0.2) is 9.97 Å². The third-order valence-corrected chi connectivity index (χ3v) is 3.04. The normalized spacial score (nSPS) is 10.9. The highest BCUT2D eigenvalue weighted by Gasteiger charge is 2.10.